The molecule has 0 aliphatic carbocycles. The van der Waals surface area contributed by atoms with Gasteiger partial charge in [0, 0.05) is 12.4 Å². The number of carboxylic acids is 1. The van der Waals surface area contributed by atoms with E-state index in [9.17, 15) is 4.79 Å². The summed E-state index contributed by atoms with van der Waals surface area (Å²) in [6.07, 6.45) is 4.09. The van der Waals surface area contributed by atoms with E-state index in [2.05, 4.69) is 15.0 Å². The van der Waals surface area contributed by atoms with E-state index in [1.165, 1.54) is 18.6 Å². The SMILES string of the molecule is NC(N)=NC(C(=O)O)c1cnccn1. The molecule has 0 aliphatic rings. The minimum absolute atomic E-state index is 0.188. The smallest absolute Gasteiger partial charge is 0.334 e. The molecular weight excluding hydrogens is 186 g/mol. The lowest BCUT2D eigenvalue weighted by Gasteiger charge is -2.05. The lowest BCUT2D eigenvalue weighted by Crippen LogP contribution is -2.26. The summed E-state index contributed by atoms with van der Waals surface area (Å²) in [6, 6.07) is -1.20. The van der Waals surface area contributed by atoms with Crippen LogP contribution < -0.4 is 11.5 Å². The zero-order chi connectivity index (χ0) is 10.6. The Hall–Kier alpha value is -2.18. The molecule has 0 bridgehead atoms. The zero-order valence-corrected chi connectivity index (χ0v) is 7.16. The molecule has 0 spiro atoms. The lowest BCUT2D eigenvalue weighted by molar-refractivity contribution is -0.138. The highest BCUT2D eigenvalue weighted by Gasteiger charge is 2.20. The topological polar surface area (TPSA) is 127 Å². The maximum Gasteiger partial charge on any atom is 0.334 e. The summed E-state index contributed by atoms with van der Waals surface area (Å²) in [5.41, 5.74) is 10.4. The maximum atomic E-state index is 10.7. The van der Waals surface area contributed by atoms with E-state index in [4.69, 9.17) is 16.6 Å². The average Bonchev–Trinajstić information content (AvgIpc) is 2.15. The second-order valence-corrected chi connectivity index (χ2v) is 2.43. The van der Waals surface area contributed by atoms with Crippen molar-refractivity contribution in [2.24, 2.45) is 16.5 Å². The monoisotopic (exact) mass is 195 g/mol. The molecule has 1 aromatic heterocycles. The Morgan fingerprint density at radius 3 is 2.64 bits per heavy atom. The van der Waals surface area contributed by atoms with E-state index in [0.29, 0.717) is 0 Å². The van der Waals surface area contributed by atoms with Gasteiger partial charge in [-0.25, -0.2) is 9.79 Å². The van der Waals surface area contributed by atoms with Crippen molar-refractivity contribution in [3.63, 3.8) is 0 Å². The predicted octanol–water partition coefficient (Wildman–Crippen LogP) is -1.12. The number of hydrogen-bond acceptors (Lipinski definition) is 4. The van der Waals surface area contributed by atoms with Gasteiger partial charge in [-0.15, -0.1) is 0 Å². The fourth-order valence-electron chi connectivity index (χ4n) is 0.849. The number of carboxylic acid groups (broad SMARTS) is 1. The van der Waals surface area contributed by atoms with Gasteiger partial charge in [0.05, 0.1) is 11.9 Å². The average molecular weight is 195 g/mol. The molecule has 1 aromatic rings. The van der Waals surface area contributed by atoms with Crippen molar-refractivity contribution < 1.29 is 9.90 Å². The molecule has 0 aromatic carbocycles. The molecule has 5 N–H and O–H groups in total. The zero-order valence-electron chi connectivity index (χ0n) is 7.16. The van der Waals surface area contributed by atoms with E-state index < -0.39 is 12.0 Å². The molecule has 0 saturated carbocycles. The Morgan fingerprint density at radius 1 is 1.50 bits per heavy atom. The van der Waals surface area contributed by atoms with Gasteiger partial charge in [-0.1, -0.05) is 0 Å². The summed E-state index contributed by atoms with van der Waals surface area (Å²) in [5, 5.41) is 8.79. The lowest BCUT2D eigenvalue weighted by atomic mass is 10.2. The number of aliphatic carboxylic acids is 1. The van der Waals surface area contributed by atoms with Crippen LogP contribution in [0.15, 0.2) is 23.6 Å². The van der Waals surface area contributed by atoms with Crippen LogP contribution in [0.25, 0.3) is 0 Å². The first-order valence-corrected chi connectivity index (χ1v) is 3.68. The third-order valence-electron chi connectivity index (χ3n) is 1.38. The van der Waals surface area contributed by atoms with Gasteiger partial charge in [-0.2, -0.15) is 0 Å². The first-order valence-electron chi connectivity index (χ1n) is 3.68. The van der Waals surface area contributed by atoms with Gasteiger partial charge in [-0.05, 0) is 0 Å². The quantitative estimate of drug-likeness (QED) is 0.414. The van der Waals surface area contributed by atoms with Crippen LogP contribution in [0, 0.1) is 0 Å². The second kappa shape index (κ2) is 4.17. The standard InChI is InChI=1S/C7H9N5O2/c8-7(9)12-5(6(13)14)4-3-10-1-2-11-4/h1-3,5H,(H,13,14)(H4,8,9,12). The Morgan fingerprint density at radius 2 is 2.21 bits per heavy atom. The number of nitrogens with zero attached hydrogens (tertiary/aromatic N) is 3. The van der Waals surface area contributed by atoms with Gasteiger partial charge in [0.25, 0.3) is 0 Å². The largest absolute Gasteiger partial charge is 0.479 e. The molecule has 1 unspecified atom stereocenters. The van der Waals surface area contributed by atoms with Crippen LogP contribution in [-0.4, -0.2) is 27.0 Å². The van der Waals surface area contributed by atoms with E-state index in [1.54, 1.807) is 0 Å². The minimum Gasteiger partial charge on any atom is -0.479 e. The minimum atomic E-state index is -1.20. The van der Waals surface area contributed by atoms with Gasteiger partial charge in [0.15, 0.2) is 12.0 Å². The number of hydrogen-bond donors (Lipinski definition) is 3. The molecule has 7 heteroatoms. The van der Waals surface area contributed by atoms with Crippen LogP contribution in [-0.2, 0) is 4.79 Å². The van der Waals surface area contributed by atoms with E-state index >= 15 is 0 Å². The van der Waals surface area contributed by atoms with Crippen LogP contribution in [0.5, 0.6) is 0 Å². The first kappa shape index (κ1) is 9.90. The number of aliphatic imine (C=N–C) groups is 1. The molecule has 0 radical (unpaired) electrons. The molecular formula is C7H9N5O2. The van der Waals surface area contributed by atoms with Crippen molar-refractivity contribution in [2.45, 2.75) is 6.04 Å². The molecule has 0 fully saturated rings. The third-order valence-corrected chi connectivity index (χ3v) is 1.38. The van der Waals surface area contributed by atoms with Crippen molar-refractivity contribution in [3.8, 4) is 0 Å². The van der Waals surface area contributed by atoms with Crippen molar-refractivity contribution in [1.82, 2.24) is 9.97 Å². The molecule has 7 nitrogen and oxygen atoms in total. The Bertz CT molecular complexity index is 346. The number of rotatable bonds is 3. The summed E-state index contributed by atoms with van der Waals surface area (Å²) < 4.78 is 0. The molecule has 0 saturated heterocycles. The first-order chi connectivity index (χ1) is 6.61. The number of nitrogens with two attached hydrogens (primary N) is 2. The van der Waals surface area contributed by atoms with Gasteiger partial charge >= 0.3 is 5.97 Å². The van der Waals surface area contributed by atoms with Crippen LogP contribution in [0.3, 0.4) is 0 Å². The van der Waals surface area contributed by atoms with Crippen LogP contribution in [0.2, 0.25) is 0 Å². The van der Waals surface area contributed by atoms with Crippen molar-refractivity contribution in [3.05, 3.63) is 24.3 Å². The molecule has 1 heterocycles. The number of aromatic nitrogens is 2. The predicted molar refractivity (Wildman–Crippen MR) is 48.2 cm³/mol. The Labute approximate surface area is 79.5 Å². The highest BCUT2D eigenvalue weighted by atomic mass is 16.4. The van der Waals surface area contributed by atoms with E-state index in [-0.39, 0.29) is 11.7 Å². The molecule has 0 amide bonds. The summed E-state index contributed by atoms with van der Waals surface area (Å²) >= 11 is 0. The normalized spacial score (nSPS) is 11.7. The van der Waals surface area contributed by atoms with Crippen LogP contribution >= 0.6 is 0 Å². The summed E-state index contributed by atoms with van der Waals surface area (Å²) in [6.45, 7) is 0. The van der Waals surface area contributed by atoms with Crippen LogP contribution in [0.4, 0.5) is 0 Å². The number of carbonyl (C=O) groups is 1. The number of guanidine groups is 1. The Kier molecular flexibility index (Phi) is 2.95. The molecule has 1 rings (SSSR count). The van der Waals surface area contributed by atoms with Crippen molar-refractivity contribution >= 4 is 11.9 Å². The Balaban J connectivity index is 3.01. The summed E-state index contributed by atoms with van der Waals surface area (Å²) in [5.74, 6) is -1.48. The molecule has 0 aliphatic heterocycles. The van der Waals surface area contributed by atoms with Gasteiger partial charge in [0.2, 0.25) is 0 Å². The summed E-state index contributed by atoms with van der Waals surface area (Å²) in [7, 11) is 0. The van der Waals surface area contributed by atoms with Gasteiger partial charge < -0.3 is 16.6 Å². The van der Waals surface area contributed by atoms with Crippen molar-refractivity contribution in [1.29, 1.82) is 0 Å². The van der Waals surface area contributed by atoms with E-state index in [0.717, 1.165) is 0 Å². The molecule has 1 atom stereocenters. The fourth-order valence-corrected chi connectivity index (χ4v) is 0.849. The van der Waals surface area contributed by atoms with Crippen LogP contribution in [0.1, 0.15) is 11.7 Å². The molecule has 74 valence electrons. The molecule has 14 heavy (non-hydrogen) atoms. The highest BCUT2D eigenvalue weighted by molar-refractivity contribution is 5.82. The van der Waals surface area contributed by atoms with Gasteiger partial charge in [-0.3, -0.25) is 9.97 Å². The second-order valence-electron chi connectivity index (χ2n) is 2.43. The van der Waals surface area contributed by atoms with E-state index in [1.807, 2.05) is 0 Å². The van der Waals surface area contributed by atoms with Gasteiger partial charge in [0.1, 0.15) is 0 Å². The maximum absolute atomic E-state index is 10.7. The highest BCUT2D eigenvalue weighted by Crippen LogP contribution is 2.12. The van der Waals surface area contributed by atoms with Crippen molar-refractivity contribution in [2.75, 3.05) is 0 Å². The third kappa shape index (κ3) is 2.41. The summed E-state index contributed by atoms with van der Waals surface area (Å²) in [4.78, 5) is 21.8. The fraction of sp³-hybridized carbons (Fsp3) is 0.143.